The van der Waals surface area contributed by atoms with Gasteiger partial charge in [-0.05, 0) is 17.7 Å². The van der Waals surface area contributed by atoms with Gasteiger partial charge in [0.05, 0.1) is 12.2 Å². The van der Waals surface area contributed by atoms with Gasteiger partial charge in [-0.2, -0.15) is 5.26 Å². The first-order valence-corrected chi connectivity index (χ1v) is 5.12. The van der Waals surface area contributed by atoms with Gasteiger partial charge in [0.1, 0.15) is 11.8 Å². The van der Waals surface area contributed by atoms with E-state index in [4.69, 9.17) is 5.26 Å². The Hall–Kier alpha value is -1.48. The van der Waals surface area contributed by atoms with Crippen molar-refractivity contribution >= 4 is 0 Å². The minimum atomic E-state index is -0.669. The van der Waals surface area contributed by atoms with Gasteiger partial charge in [0.2, 0.25) is 0 Å². The minimum absolute atomic E-state index is 0.387. The lowest BCUT2D eigenvalue weighted by molar-refractivity contribution is 0.0572. The molecule has 0 aromatic carbocycles. The van der Waals surface area contributed by atoms with Crippen LogP contribution in [0.25, 0.3) is 0 Å². The SMILES string of the molecule is N#Cc1cc(CN2CC(O)C(O)C2)ccn1. The maximum Gasteiger partial charge on any atom is 0.140 e. The molecule has 0 bridgehead atoms. The van der Waals surface area contributed by atoms with Gasteiger partial charge in [0.15, 0.2) is 0 Å². The normalized spacial score (nSPS) is 25.6. The van der Waals surface area contributed by atoms with Crippen molar-refractivity contribution in [2.75, 3.05) is 13.1 Å². The smallest absolute Gasteiger partial charge is 0.140 e. The number of pyridine rings is 1. The summed E-state index contributed by atoms with van der Waals surface area (Å²) in [6.07, 6.45) is 0.256. The number of aromatic nitrogens is 1. The summed E-state index contributed by atoms with van der Waals surface area (Å²) >= 11 is 0. The average molecular weight is 219 g/mol. The number of hydrogen-bond acceptors (Lipinski definition) is 5. The Balaban J connectivity index is 2.02. The topological polar surface area (TPSA) is 80.4 Å². The van der Waals surface area contributed by atoms with E-state index in [0.717, 1.165) is 5.56 Å². The molecule has 2 rings (SSSR count). The average Bonchev–Trinajstić information content (AvgIpc) is 2.58. The first kappa shape index (κ1) is 11.0. The molecule has 5 heteroatoms. The quantitative estimate of drug-likeness (QED) is 0.700. The number of rotatable bonds is 2. The molecule has 0 amide bonds. The molecule has 1 aromatic rings. The number of hydrogen-bond donors (Lipinski definition) is 2. The molecule has 2 unspecified atom stereocenters. The van der Waals surface area contributed by atoms with Crippen molar-refractivity contribution in [1.82, 2.24) is 9.88 Å². The highest BCUT2D eigenvalue weighted by Gasteiger charge is 2.29. The predicted molar refractivity (Wildman–Crippen MR) is 56.2 cm³/mol. The third-order valence-electron chi connectivity index (χ3n) is 2.68. The van der Waals surface area contributed by atoms with E-state index >= 15 is 0 Å². The van der Waals surface area contributed by atoms with E-state index in [1.54, 1.807) is 12.3 Å². The van der Waals surface area contributed by atoms with Crippen molar-refractivity contribution in [2.45, 2.75) is 18.8 Å². The molecular formula is C11H13N3O2. The Morgan fingerprint density at radius 2 is 2.12 bits per heavy atom. The summed E-state index contributed by atoms with van der Waals surface area (Å²) in [6.45, 7) is 1.54. The summed E-state index contributed by atoms with van der Waals surface area (Å²) in [4.78, 5) is 5.83. The highest BCUT2D eigenvalue weighted by molar-refractivity contribution is 5.25. The molecule has 0 radical (unpaired) electrons. The van der Waals surface area contributed by atoms with Crippen LogP contribution in [-0.2, 0) is 6.54 Å². The van der Waals surface area contributed by atoms with Crippen molar-refractivity contribution in [3.8, 4) is 6.07 Å². The van der Waals surface area contributed by atoms with E-state index in [9.17, 15) is 10.2 Å². The molecule has 2 atom stereocenters. The van der Waals surface area contributed by atoms with Crippen LogP contribution in [0, 0.1) is 11.3 Å². The lowest BCUT2D eigenvalue weighted by Crippen LogP contribution is -2.22. The van der Waals surface area contributed by atoms with E-state index in [0.29, 0.717) is 25.3 Å². The van der Waals surface area contributed by atoms with Crippen LogP contribution in [0.5, 0.6) is 0 Å². The zero-order valence-electron chi connectivity index (χ0n) is 8.74. The van der Waals surface area contributed by atoms with Crippen LogP contribution in [0.3, 0.4) is 0 Å². The van der Waals surface area contributed by atoms with Crippen molar-refractivity contribution < 1.29 is 10.2 Å². The highest BCUT2D eigenvalue weighted by atomic mass is 16.3. The monoisotopic (exact) mass is 219 g/mol. The molecular weight excluding hydrogens is 206 g/mol. The summed E-state index contributed by atoms with van der Waals surface area (Å²) in [7, 11) is 0. The first-order chi connectivity index (χ1) is 7.69. The summed E-state index contributed by atoms with van der Waals surface area (Å²) in [5.74, 6) is 0. The second kappa shape index (κ2) is 4.58. The predicted octanol–water partition coefficient (Wildman–Crippen LogP) is -0.509. The van der Waals surface area contributed by atoms with Crippen LogP contribution in [0.1, 0.15) is 11.3 Å². The maximum absolute atomic E-state index is 9.39. The zero-order valence-corrected chi connectivity index (χ0v) is 8.74. The zero-order chi connectivity index (χ0) is 11.5. The number of aliphatic hydroxyl groups excluding tert-OH is 2. The van der Waals surface area contributed by atoms with Gasteiger partial charge in [-0.25, -0.2) is 4.98 Å². The second-order valence-corrected chi connectivity index (χ2v) is 3.99. The van der Waals surface area contributed by atoms with Crippen LogP contribution < -0.4 is 0 Å². The molecule has 2 N–H and O–H groups in total. The summed E-state index contributed by atoms with van der Waals surface area (Å²) < 4.78 is 0. The van der Waals surface area contributed by atoms with Crippen LogP contribution in [0.4, 0.5) is 0 Å². The maximum atomic E-state index is 9.39. The third kappa shape index (κ3) is 2.36. The molecule has 1 saturated heterocycles. The molecule has 0 aliphatic carbocycles. The fraction of sp³-hybridized carbons (Fsp3) is 0.455. The minimum Gasteiger partial charge on any atom is -0.389 e. The van der Waals surface area contributed by atoms with Crippen LogP contribution in [0.2, 0.25) is 0 Å². The summed E-state index contributed by atoms with van der Waals surface area (Å²) in [5.41, 5.74) is 1.35. The number of nitrogens with zero attached hydrogens (tertiary/aromatic N) is 3. The molecule has 0 spiro atoms. The van der Waals surface area contributed by atoms with Crippen LogP contribution in [-0.4, -0.2) is 45.4 Å². The Morgan fingerprint density at radius 3 is 2.75 bits per heavy atom. The lowest BCUT2D eigenvalue weighted by Gasteiger charge is -2.14. The van der Waals surface area contributed by atoms with Gasteiger partial charge >= 0.3 is 0 Å². The fourth-order valence-corrected chi connectivity index (χ4v) is 1.87. The number of β-amino-alcohol motifs (C(OH)–C–C–N with tert-alkyl or cyclic N) is 2. The van der Waals surface area contributed by atoms with Crippen LogP contribution >= 0.6 is 0 Å². The molecule has 84 valence electrons. The molecule has 1 fully saturated rings. The van der Waals surface area contributed by atoms with E-state index < -0.39 is 12.2 Å². The van der Waals surface area contributed by atoms with E-state index in [-0.39, 0.29) is 0 Å². The molecule has 5 nitrogen and oxygen atoms in total. The molecule has 2 heterocycles. The number of aliphatic hydroxyl groups is 2. The fourth-order valence-electron chi connectivity index (χ4n) is 1.87. The third-order valence-corrected chi connectivity index (χ3v) is 2.68. The Bertz CT molecular complexity index is 406. The van der Waals surface area contributed by atoms with Crippen molar-refractivity contribution in [3.05, 3.63) is 29.6 Å². The van der Waals surface area contributed by atoms with Crippen molar-refractivity contribution in [1.29, 1.82) is 5.26 Å². The molecule has 1 aromatic heterocycles. The number of nitriles is 1. The van der Waals surface area contributed by atoms with Crippen LogP contribution in [0.15, 0.2) is 18.3 Å². The summed E-state index contributed by atoms with van der Waals surface area (Å²) in [5, 5.41) is 27.5. The van der Waals surface area contributed by atoms with Gasteiger partial charge in [-0.3, -0.25) is 4.90 Å². The van der Waals surface area contributed by atoms with Gasteiger partial charge in [0, 0.05) is 25.8 Å². The molecule has 1 aliphatic heterocycles. The Morgan fingerprint density at radius 1 is 1.44 bits per heavy atom. The standard InChI is InChI=1S/C11H13N3O2/c12-4-9-3-8(1-2-13-9)5-14-6-10(15)11(16)7-14/h1-3,10-11,15-16H,5-7H2. The van der Waals surface area contributed by atoms with E-state index in [1.165, 1.54) is 0 Å². The van der Waals surface area contributed by atoms with Crippen molar-refractivity contribution in [3.63, 3.8) is 0 Å². The number of likely N-dealkylation sites (tertiary alicyclic amines) is 1. The van der Waals surface area contributed by atoms with Gasteiger partial charge in [0.25, 0.3) is 0 Å². The lowest BCUT2D eigenvalue weighted by atomic mass is 10.2. The van der Waals surface area contributed by atoms with E-state index in [2.05, 4.69) is 4.98 Å². The van der Waals surface area contributed by atoms with Gasteiger partial charge in [-0.1, -0.05) is 0 Å². The van der Waals surface area contributed by atoms with Gasteiger partial charge in [-0.15, -0.1) is 0 Å². The highest BCUT2D eigenvalue weighted by Crippen LogP contribution is 2.14. The molecule has 0 saturated carbocycles. The summed E-state index contributed by atoms with van der Waals surface area (Å²) in [6, 6.07) is 5.53. The Kier molecular flexibility index (Phi) is 3.15. The largest absolute Gasteiger partial charge is 0.389 e. The second-order valence-electron chi connectivity index (χ2n) is 3.99. The first-order valence-electron chi connectivity index (χ1n) is 5.12. The van der Waals surface area contributed by atoms with Crippen molar-refractivity contribution in [2.24, 2.45) is 0 Å². The molecule has 1 aliphatic rings. The van der Waals surface area contributed by atoms with E-state index in [1.807, 2.05) is 17.0 Å². The van der Waals surface area contributed by atoms with Gasteiger partial charge < -0.3 is 10.2 Å². The Labute approximate surface area is 93.6 Å². The molecule has 16 heavy (non-hydrogen) atoms.